The maximum atomic E-state index is 13.1. The van der Waals surface area contributed by atoms with Gasteiger partial charge in [0.25, 0.3) is 0 Å². The molecule has 0 aliphatic rings. The molecule has 0 fully saturated rings. The third-order valence-corrected chi connectivity index (χ3v) is 3.99. The SMILES string of the molecule is CCCCOc1cc(CC(C(=O)O)c2ccc(F)cc2)ccc1OC. The van der Waals surface area contributed by atoms with Crippen LogP contribution >= 0.6 is 0 Å². The van der Waals surface area contributed by atoms with Gasteiger partial charge in [0.1, 0.15) is 5.82 Å². The summed E-state index contributed by atoms with van der Waals surface area (Å²) < 4.78 is 24.1. The Labute approximate surface area is 147 Å². The number of unbranched alkanes of at least 4 members (excludes halogenated alkanes) is 1. The second-order valence-corrected chi connectivity index (χ2v) is 5.83. The van der Waals surface area contributed by atoms with E-state index in [0.717, 1.165) is 18.4 Å². The molecule has 25 heavy (non-hydrogen) atoms. The normalized spacial score (nSPS) is 11.8. The van der Waals surface area contributed by atoms with Crippen molar-refractivity contribution in [2.45, 2.75) is 32.1 Å². The van der Waals surface area contributed by atoms with Crippen LogP contribution in [-0.2, 0) is 11.2 Å². The average Bonchev–Trinajstić information content (AvgIpc) is 2.61. The first-order valence-corrected chi connectivity index (χ1v) is 8.33. The van der Waals surface area contributed by atoms with Crippen molar-refractivity contribution < 1.29 is 23.8 Å². The lowest BCUT2D eigenvalue weighted by Gasteiger charge is -2.15. The molecule has 5 heteroatoms. The van der Waals surface area contributed by atoms with Gasteiger partial charge in [-0.1, -0.05) is 31.5 Å². The summed E-state index contributed by atoms with van der Waals surface area (Å²) in [7, 11) is 1.57. The summed E-state index contributed by atoms with van der Waals surface area (Å²) in [6.45, 7) is 2.66. The predicted octanol–water partition coefficient (Wildman–Crippen LogP) is 4.42. The molecule has 2 aromatic rings. The second-order valence-electron chi connectivity index (χ2n) is 5.83. The standard InChI is InChI=1S/C20H23FO4/c1-3-4-11-25-19-13-14(5-10-18(19)24-2)12-17(20(22)23)15-6-8-16(21)9-7-15/h5-10,13,17H,3-4,11-12H2,1-2H3,(H,22,23). The molecular weight excluding hydrogens is 323 g/mol. The highest BCUT2D eigenvalue weighted by atomic mass is 19.1. The number of carboxylic acids is 1. The largest absolute Gasteiger partial charge is 0.493 e. The Bertz CT molecular complexity index is 697. The van der Waals surface area contributed by atoms with Gasteiger partial charge in [-0.05, 0) is 48.2 Å². The summed E-state index contributed by atoms with van der Waals surface area (Å²) in [4.78, 5) is 11.7. The van der Waals surface area contributed by atoms with Gasteiger partial charge >= 0.3 is 5.97 Å². The summed E-state index contributed by atoms with van der Waals surface area (Å²) in [6.07, 6.45) is 2.24. The third kappa shape index (κ3) is 5.21. The van der Waals surface area contributed by atoms with Gasteiger partial charge in [-0.15, -0.1) is 0 Å². The zero-order valence-corrected chi connectivity index (χ0v) is 14.5. The van der Waals surface area contributed by atoms with Crippen LogP contribution in [0.15, 0.2) is 42.5 Å². The fourth-order valence-corrected chi connectivity index (χ4v) is 2.57. The molecular formula is C20H23FO4. The quantitative estimate of drug-likeness (QED) is 0.683. The smallest absolute Gasteiger partial charge is 0.311 e. The molecule has 4 nitrogen and oxygen atoms in total. The number of rotatable bonds is 9. The van der Waals surface area contributed by atoms with Gasteiger partial charge in [-0.2, -0.15) is 0 Å². The van der Waals surface area contributed by atoms with Crippen LogP contribution in [0, 0.1) is 5.82 Å². The van der Waals surface area contributed by atoms with Gasteiger partial charge in [-0.3, -0.25) is 4.79 Å². The van der Waals surface area contributed by atoms with Crippen molar-refractivity contribution in [3.05, 3.63) is 59.4 Å². The van der Waals surface area contributed by atoms with Crippen molar-refractivity contribution in [2.75, 3.05) is 13.7 Å². The van der Waals surface area contributed by atoms with E-state index in [-0.39, 0.29) is 12.2 Å². The van der Waals surface area contributed by atoms with Crippen LogP contribution in [0.5, 0.6) is 11.5 Å². The summed E-state index contributed by atoms with van der Waals surface area (Å²) >= 11 is 0. The number of hydrogen-bond acceptors (Lipinski definition) is 3. The molecule has 0 heterocycles. The molecule has 1 atom stereocenters. The van der Waals surface area contributed by atoms with Crippen LogP contribution in [0.2, 0.25) is 0 Å². The highest BCUT2D eigenvalue weighted by Crippen LogP contribution is 2.31. The minimum absolute atomic E-state index is 0.287. The second kappa shape index (κ2) is 9.06. The van der Waals surface area contributed by atoms with Gasteiger partial charge < -0.3 is 14.6 Å². The van der Waals surface area contributed by atoms with E-state index >= 15 is 0 Å². The monoisotopic (exact) mass is 346 g/mol. The number of halogens is 1. The van der Waals surface area contributed by atoms with Crippen molar-refractivity contribution in [3.63, 3.8) is 0 Å². The minimum Gasteiger partial charge on any atom is -0.493 e. The third-order valence-electron chi connectivity index (χ3n) is 3.99. The highest BCUT2D eigenvalue weighted by Gasteiger charge is 2.21. The number of hydrogen-bond donors (Lipinski definition) is 1. The molecule has 2 rings (SSSR count). The maximum absolute atomic E-state index is 13.1. The van der Waals surface area contributed by atoms with Crippen LogP contribution < -0.4 is 9.47 Å². The Morgan fingerprint density at radius 2 is 1.88 bits per heavy atom. The van der Waals surface area contributed by atoms with Crippen molar-refractivity contribution in [1.29, 1.82) is 0 Å². The molecule has 0 amide bonds. The van der Waals surface area contributed by atoms with Gasteiger partial charge in [0, 0.05) is 0 Å². The van der Waals surface area contributed by atoms with Gasteiger partial charge in [0.15, 0.2) is 11.5 Å². The zero-order valence-electron chi connectivity index (χ0n) is 14.5. The Kier molecular flexibility index (Phi) is 6.81. The topological polar surface area (TPSA) is 55.8 Å². The lowest BCUT2D eigenvalue weighted by molar-refractivity contribution is -0.138. The lowest BCUT2D eigenvalue weighted by atomic mass is 9.92. The first-order chi connectivity index (χ1) is 12.0. The van der Waals surface area contributed by atoms with Gasteiger partial charge in [0.2, 0.25) is 0 Å². The molecule has 0 bridgehead atoms. The number of aliphatic carboxylic acids is 1. The Hall–Kier alpha value is -2.56. The highest BCUT2D eigenvalue weighted by molar-refractivity contribution is 5.76. The molecule has 0 radical (unpaired) electrons. The van der Waals surface area contributed by atoms with Crippen molar-refractivity contribution in [3.8, 4) is 11.5 Å². The van der Waals surface area contributed by atoms with E-state index in [9.17, 15) is 14.3 Å². The molecule has 0 saturated heterocycles. The van der Waals surface area contributed by atoms with Crippen LogP contribution in [0.3, 0.4) is 0 Å². The first kappa shape index (κ1) is 18.8. The molecule has 1 unspecified atom stereocenters. The summed E-state index contributed by atoms with van der Waals surface area (Å²) in [6, 6.07) is 11.0. The van der Waals surface area contributed by atoms with E-state index < -0.39 is 11.9 Å². The van der Waals surface area contributed by atoms with Crippen molar-refractivity contribution in [1.82, 2.24) is 0 Å². The first-order valence-electron chi connectivity index (χ1n) is 8.33. The molecule has 0 spiro atoms. The van der Waals surface area contributed by atoms with E-state index in [4.69, 9.17) is 9.47 Å². The van der Waals surface area contributed by atoms with Crippen LogP contribution in [-0.4, -0.2) is 24.8 Å². The molecule has 1 N–H and O–H groups in total. The van der Waals surface area contributed by atoms with Gasteiger partial charge in [0.05, 0.1) is 19.6 Å². The number of methoxy groups -OCH3 is 1. The molecule has 0 aromatic heterocycles. The maximum Gasteiger partial charge on any atom is 0.311 e. The molecule has 2 aromatic carbocycles. The number of carbonyl (C=O) groups is 1. The van der Waals surface area contributed by atoms with E-state index in [1.807, 2.05) is 12.1 Å². The fraction of sp³-hybridized carbons (Fsp3) is 0.350. The van der Waals surface area contributed by atoms with Crippen molar-refractivity contribution in [2.24, 2.45) is 0 Å². The minimum atomic E-state index is -0.948. The van der Waals surface area contributed by atoms with Crippen LogP contribution in [0.4, 0.5) is 4.39 Å². The Balaban J connectivity index is 2.22. The van der Waals surface area contributed by atoms with E-state index in [2.05, 4.69) is 6.92 Å². The van der Waals surface area contributed by atoms with Crippen molar-refractivity contribution >= 4 is 5.97 Å². The molecule has 0 aliphatic carbocycles. The van der Waals surface area contributed by atoms with E-state index in [1.54, 1.807) is 13.2 Å². The Morgan fingerprint density at radius 3 is 2.48 bits per heavy atom. The fourth-order valence-electron chi connectivity index (χ4n) is 2.57. The summed E-state index contributed by atoms with van der Waals surface area (Å²) in [5.41, 5.74) is 1.39. The number of benzene rings is 2. The molecule has 0 aliphatic heterocycles. The lowest BCUT2D eigenvalue weighted by Crippen LogP contribution is -2.14. The number of ether oxygens (including phenoxy) is 2. The van der Waals surface area contributed by atoms with E-state index in [1.165, 1.54) is 24.3 Å². The predicted molar refractivity (Wildman–Crippen MR) is 93.9 cm³/mol. The molecule has 134 valence electrons. The molecule has 0 saturated carbocycles. The van der Waals surface area contributed by atoms with Crippen LogP contribution in [0.1, 0.15) is 36.8 Å². The zero-order chi connectivity index (χ0) is 18.2. The van der Waals surface area contributed by atoms with Gasteiger partial charge in [-0.25, -0.2) is 4.39 Å². The number of carboxylic acid groups (broad SMARTS) is 1. The average molecular weight is 346 g/mol. The Morgan fingerprint density at radius 1 is 1.16 bits per heavy atom. The van der Waals surface area contributed by atoms with Crippen LogP contribution in [0.25, 0.3) is 0 Å². The van der Waals surface area contributed by atoms with E-state index in [0.29, 0.717) is 23.7 Å². The summed E-state index contributed by atoms with van der Waals surface area (Å²) in [5, 5.41) is 9.55. The summed E-state index contributed by atoms with van der Waals surface area (Å²) in [5.74, 6) is -0.859.